The molecule has 0 N–H and O–H groups in total. The highest BCUT2D eigenvalue weighted by atomic mass is 16.5. The Balaban J connectivity index is 0.982. The van der Waals surface area contributed by atoms with Crippen LogP contribution in [0.2, 0.25) is 0 Å². The third-order valence-electron chi connectivity index (χ3n) is 13.9. The van der Waals surface area contributed by atoms with Crippen LogP contribution in [0.15, 0.2) is 273 Å². The second-order valence-electron chi connectivity index (χ2n) is 18.0. The molecule has 0 bridgehead atoms. The van der Waals surface area contributed by atoms with E-state index in [0.29, 0.717) is 0 Å². The number of hydrogen-bond donors (Lipinski definition) is 0. The zero-order chi connectivity index (χ0) is 46.4. The van der Waals surface area contributed by atoms with Gasteiger partial charge in [0.2, 0.25) is 0 Å². The Kier molecular flexibility index (Phi) is 10.2. The number of fused-ring (bicyclic) bond motifs is 3. The molecule has 0 fully saturated rings. The van der Waals surface area contributed by atoms with Gasteiger partial charge in [0.15, 0.2) is 0 Å². The van der Waals surface area contributed by atoms with E-state index in [4.69, 9.17) is 4.74 Å². The van der Waals surface area contributed by atoms with E-state index >= 15 is 0 Å². The quantitative estimate of drug-likeness (QED) is 0.143. The van der Waals surface area contributed by atoms with Gasteiger partial charge in [0.05, 0.1) is 5.69 Å². The average Bonchev–Trinajstić information content (AvgIpc) is 3.44. The molecule has 1 aliphatic heterocycles. The fourth-order valence-electron chi connectivity index (χ4n) is 10.6. The maximum atomic E-state index is 6.53. The van der Waals surface area contributed by atoms with E-state index in [2.05, 4.69) is 272 Å². The van der Waals surface area contributed by atoms with Crippen molar-refractivity contribution in [2.75, 3.05) is 4.90 Å². The number of para-hydroxylation sites is 2. The zero-order valence-corrected chi connectivity index (χ0v) is 38.3. The lowest BCUT2D eigenvalue weighted by Crippen LogP contribution is -2.11. The van der Waals surface area contributed by atoms with Gasteiger partial charge in [-0.1, -0.05) is 224 Å². The number of benzene rings is 12. The van der Waals surface area contributed by atoms with Crippen LogP contribution in [0.4, 0.5) is 17.1 Å². The number of anilines is 3. The van der Waals surface area contributed by atoms with Crippen molar-refractivity contribution < 1.29 is 4.74 Å². The minimum atomic E-state index is 0.885. The van der Waals surface area contributed by atoms with E-state index in [1.807, 2.05) is 6.07 Å². The topological polar surface area (TPSA) is 12.5 Å². The SMILES string of the molecule is c1ccc(-c2ccc(-c3ccc(N(c4cccc(-c5ccc6c7c(cccc57)-c5ccccc5O6)c4)c4ccccc4-c4cccc5cccc(-c6ccccc6)c45)cc3)cc2-c2ccccc2)cc1. The molecular formula is C68H45NO. The summed E-state index contributed by atoms with van der Waals surface area (Å²) in [5.74, 6) is 1.77. The molecule has 2 heteroatoms. The van der Waals surface area contributed by atoms with Crippen LogP contribution < -0.4 is 9.64 Å². The van der Waals surface area contributed by atoms with Crippen molar-refractivity contribution in [2.24, 2.45) is 0 Å². The van der Waals surface area contributed by atoms with Crippen LogP contribution in [0.5, 0.6) is 11.5 Å². The zero-order valence-electron chi connectivity index (χ0n) is 38.3. The summed E-state index contributed by atoms with van der Waals surface area (Å²) in [6.07, 6.45) is 0. The van der Waals surface area contributed by atoms with E-state index < -0.39 is 0 Å². The lowest BCUT2D eigenvalue weighted by Gasteiger charge is -2.29. The second-order valence-corrected chi connectivity index (χ2v) is 18.0. The lowest BCUT2D eigenvalue weighted by atomic mass is 9.90. The number of ether oxygens (including phenoxy) is 1. The molecular weight excluding hydrogens is 847 g/mol. The van der Waals surface area contributed by atoms with Gasteiger partial charge in [-0.05, 0) is 131 Å². The summed E-state index contributed by atoms with van der Waals surface area (Å²) in [5, 5.41) is 4.73. The van der Waals surface area contributed by atoms with Gasteiger partial charge < -0.3 is 9.64 Å². The van der Waals surface area contributed by atoms with Crippen LogP contribution in [0.25, 0.3) is 99.4 Å². The fraction of sp³-hybridized carbons (Fsp3) is 0. The summed E-state index contributed by atoms with van der Waals surface area (Å²) >= 11 is 0. The fourth-order valence-corrected chi connectivity index (χ4v) is 10.6. The third kappa shape index (κ3) is 7.22. The molecule has 70 heavy (non-hydrogen) atoms. The minimum absolute atomic E-state index is 0.885. The average molecular weight is 892 g/mol. The lowest BCUT2D eigenvalue weighted by molar-refractivity contribution is 0.487. The van der Waals surface area contributed by atoms with Gasteiger partial charge in [0, 0.05) is 27.9 Å². The first-order chi connectivity index (χ1) is 34.7. The van der Waals surface area contributed by atoms with Crippen LogP contribution >= 0.6 is 0 Å². The molecule has 0 unspecified atom stereocenters. The molecule has 1 heterocycles. The predicted molar refractivity (Wildman–Crippen MR) is 294 cm³/mol. The van der Waals surface area contributed by atoms with Crippen molar-refractivity contribution >= 4 is 38.6 Å². The van der Waals surface area contributed by atoms with E-state index in [9.17, 15) is 0 Å². The maximum Gasteiger partial charge on any atom is 0.135 e. The summed E-state index contributed by atoms with van der Waals surface area (Å²) in [6, 6.07) is 98.7. The highest BCUT2D eigenvalue weighted by molar-refractivity contribution is 6.11. The molecule has 328 valence electrons. The van der Waals surface area contributed by atoms with Crippen molar-refractivity contribution in [3.63, 3.8) is 0 Å². The standard InChI is InChI=1S/C68H45NO/c1-4-18-47(19-5-1)55-41-38-51(45-63(55)49-22-8-3-9-23-49)46-36-39-53(40-37-46)69(64-34-12-10-28-58(64)61-31-16-25-50-24-15-30-57(67(50)61)48-20-6-2-7-21-48)54-27-14-26-52(44-54)56-42-43-66-68-60(56)32-17-33-62(68)59-29-11-13-35-65(59)70-66/h1-45H. The second kappa shape index (κ2) is 17.4. The summed E-state index contributed by atoms with van der Waals surface area (Å²) in [4.78, 5) is 2.44. The Morgan fingerprint density at radius 1 is 0.243 bits per heavy atom. The van der Waals surface area contributed by atoms with Gasteiger partial charge in [0.25, 0.3) is 0 Å². The molecule has 0 radical (unpaired) electrons. The maximum absolute atomic E-state index is 6.53. The Hall–Kier alpha value is -9.24. The highest BCUT2D eigenvalue weighted by Gasteiger charge is 2.24. The highest BCUT2D eigenvalue weighted by Crippen LogP contribution is 2.50. The molecule has 12 aromatic carbocycles. The molecule has 0 atom stereocenters. The van der Waals surface area contributed by atoms with Crippen molar-refractivity contribution in [3.05, 3.63) is 273 Å². The van der Waals surface area contributed by atoms with E-state index in [1.165, 1.54) is 55.3 Å². The molecule has 13 rings (SSSR count). The molecule has 0 amide bonds. The monoisotopic (exact) mass is 891 g/mol. The summed E-state index contributed by atoms with van der Waals surface area (Å²) in [5.41, 5.74) is 19.7. The van der Waals surface area contributed by atoms with Gasteiger partial charge in [-0.15, -0.1) is 0 Å². The third-order valence-corrected chi connectivity index (χ3v) is 13.9. The van der Waals surface area contributed by atoms with Crippen LogP contribution in [0.3, 0.4) is 0 Å². The Labute approximate surface area is 408 Å². The molecule has 2 nitrogen and oxygen atoms in total. The number of nitrogens with zero attached hydrogens (tertiary/aromatic N) is 1. The van der Waals surface area contributed by atoms with Crippen LogP contribution in [0, 0.1) is 0 Å². The molecule has 0 aromatic heterocycles. The Morgan fingerprint density at radius 3 is 1.53 bits per heavy atom. The summed E-state index contributed by atoms with van der Waals surface area (Å²) in [7, 11) is 0. The molecule has 0 saturated heterocycles. The number of hydrogen-bond acceptors (Lipinski definition) is 2. The largest absolute Gasteiger partial charge is 0.456 e. The van der Waals surface area contributed by atoms with Crippen LogP contribution in [-0.2, 0) is 0 Å². The molecule has 12 aromatic rings. The van der Waals surface area contributed by atoms with E-state index in [1.54, 1.807) is 0 Å². The van der Waals surface area contributed by atoms with Crippen molar-refractivity contribution in [1.29, 1.82) is 0 Å². The van der Waals surface area contributed by atoms with Crippen molar-refractivity contribution in [2.45, 2.75) is 0 Å². The molecule has 0 spiro atoms. The molecule has 1 aliphatic rings. The van der Waals surface area contributed by atoms with Crippen LogP contribution in [0.1, 0.15) is 0 Å². The number of rotatable bonds is 9. The Bertz CT molecular complexity index is 3890. The van der Waals surface area contributed by atoms with Crippen LogP contribution in [-0.4, -0.2) is 0 Å². The predicted octanol–water partition coefficient (Wildman–Crippen LogP) is 19.2. The summed E-state index contributed by atoms with van der Waals surface area (Å²) < 4.78 is 6.53. The van der Waals surface area contributed by atoms with E-state index in [0.717, 1.165) is 72.7 Å². The molecule has 0 saturated carbocycles. The van der Waals surface area contributed by atoms with Gasteiger partial charge in [-0.2, -0.15) is 0 Å². The smallest absolute Gasteiger partial charge is 0.135 e. The van der Waals surface area contributed by atoms with Gasteiger partial charge >= 0.3 is 0 Å². The first-order valence-corrected chi connectivity index (χ1v) is 24.0. The Morgan fingerprint density at radius 2 is 0.786 bits per heavy atom. The van der Waals surface area contributed by atoms with Crippen molar-refractivity contribution in [1.82, 2.24) is 0 Å². The first kappa shape index (κ1) is 41.0. The first-order valence-electron chi connectivity index (χ1n) is 24.0. The van der Waals surface area contributed by atoms with Gasteiger partial charge in [-0.3, -0.25) is 0 Å². The normalized spacial score (nSPS) is 11.5. The van der Waals surface area contributed by atoms with E-state index in [-0.39, 0.29) is 0 Å². The van der Waals surface area contributed by atoms with Gasteiger partial charge in [0.1, 0.15) is 11.5 Å². The van der Waals surface area contributed by atoms with Crippen molar-refractivity contribution in [3.8, 4) is 89.4 Å². The minimum Gasteiger partial charge on any atom is -0.456 e. The molecule has 0 aliphatic carbocycles. The summed E-state index contributed by atoms with van der Waals surface area (Å²) in [6.45, 7) is 0. The van der Waals surface area contributed by atoms with Gasteiger partial charge in [-0.25, -0.2) is 0 Å².